The first-order valence-electron chi connectivity index (χ1n) is 12.0. The van der Waals surface area contributed by atoms with Crippen LogP contribution in [0.1, 0.15) is 30.5 Å². The zero-order chi connectivity index (χ0) is 25.4. The number of hydroxylamine groups is 2. The SMILES string of the molecule is CCOC(=O)C1=C(C(=O)OCC)C(/C=C/c2ccccc2)(c2ccccc2)N(Cc2ccccc2)O1. The Morgan fingerprint density at radius 2 is 1.36 bits per heavy atom. The number of carbonyl (C=O) groups is 2. The van der Waals surface area contributed by atoms with Gasteiger partial charge >= 0.3 is 11.9 Å². The smallest absolute Gasteiger partial charge is 0.376 e. The van der Waals surface area contributed by atoms with Crippen molar-refractivity contribution >= 4 is 18.0 Å². The van der Waals surface area contributed by atoms with E-state index < -0.39 is 17.5 Å². The fourth-order valence-electron chi connectivity index (χ4n) is 4.24. The Kier molecular flexibility index (Phi) is 7.98. The molecule has 1 aliphatic rings. The molecule has 0 saturated carbocycles. The van der Waals surface area contributed by atoms with E-state index in [0.29, 0.717) is 6.54 Å². The summed E-state index contributed by atoms with van der Waals surface area (Å²) in [6, 6.07) is 29.0. The molecule has 4 rings (SSSR count). The molecule has 6 nitrogen and oxygen atoms in total. The molecule has 0 aromatic heterocycles. The first-order chi connectivity index (χ1) is 17.6. The zero-order valence-electron chi connectivity index (χ0n) is 20.4. The van der Waals surface area contributed by atoms with E-state index in [4.69, 9.17) is 14.3 Å². The first kappa shape index (κ1) is 24.9. The van der Waals surface area contributed by atoms with E-state index in [0.717, 1.165) is 16.7 Å². The van der Waals surface area contributed by atoms with E-state index in [1.807, 2.05) is 103 Å². The van der Waals surface area contributed by atoms with Crippen LogP contribution in [0.2, 0.25) is 0 Å². The molecule has 1 unspecified atom stereocenters. The first-order valence-corrected chi connectivity index (χ1v) is 12.0. The second-order valence-electron chi connectivity index (χ2n) is 8.13. The summed E-state index contributed by atoms with van der Waals surface area (Å²) >= 11 is 0. The quantitative estimate of drug-likeness (QED) is 0.379. The minimum Gasteiger partial charge on any atom is -0.462 e. The maximum Gasteiger partial charge on any atom is 0.376 e. The lowest BCUT2D eigenvalue weighted by molar-refractivity contribution is -0.172. The number of esters is 2. The van der Waals surface area contributed by atoms with Crippen molar-refractivity contribution in [1.82, 2.24) is 5.06 Å². The predicted molar refractivity (Wildman–Crippen MR) is 137 cm³/mol. The van der Waals surface area contributed by atoms with Gasteiger partial charge in [-0.1, -0.05) is 103 Å². The van der Waals surface area contributed by atoms with Gasteiger partial charge in [0.15, 0.2) is 0 Å². The standard InChI is InChI=1S/C30H29NO5/c1-3-34-28(32)26-27(29(33)35-4-2)36-31(22-24-16-10-6-11-17-24)30(26,25-18-12-7-13-19-25)21-20-23-14-8-5-9-15-23/h5-21H,3-4,22H2,1-2H3/b21-20+. The second-order valence-corrected chi connectivity index (χ2v) is 8.13. The molecule has 36 heavy (non-hydrogen) atoms. The van der Waals surface area contributed by atoms with Gasteiger partial charge in [-0.05, 0) is 30.5 Å². The highest BCUT2D eigenvalue weighted by Crippen LogP contribution is 2.47. The van der Waals surface area contributed by atoms with Crippen LogP contribution in [0.3, 0.4) is 0 Å². The minimum atomic E-state index is -1.26. The molecule has 0 amide bonds. The van der Waals surface area contributed by atoms with Crippen LogP contribution in [0.15, 0.2) is 108 Å². The van der Waals surface area contributed by atoms with E-state index >= 15 is 0 Å². The molecular weight excluding hydrogens is 454 g/mol. The summed E-state index contributed by atoms with van der Waals surface area (Å²) in [5, 5.41) is 1.65. The van der Waals surface area contributed by atoms with Gasteiger partial charge in [0.25, 0.3) is 0 Å². The number of ether oxygens (including phenoxy) is 2. The van der Waals surface area contributed by atoms with Crippen molar-refractivity contribution in [3.8, 4) is 0 Å². The van der Waals surface area contributed by atoms with E-state index in [1.54, 1.807) is 18.9 Å². The molecular formula is C30H29NO5. The average molecular weight is 484 g/mol. The topological polar surface area (TPSA) is 65.1 Å². The van der Waals surface area contributed by atoms with Gasteiger partial charge in [0.1, 0.15) is 11.1 Å². The third-order valence-electron chi connectivity index (χ3n) is 5.84. The molecule has 3 aromatic rings. The molecule has 1 heterocycles. The van der Waals surface area contributed by atoms with Gasteiger partial charge in [-0.15, -0.1) is 5.06 Å². The lowest BCUT2D eigenvalue weighted by atomic mass is 9.80. The molecule has 0 spiro atoms. The third kappa shape index (κ3) is 5.09. The zero-order valence-corrected chi connectivity index (χ0v) is 20.4. The normalized spacial score (nSPS) is 17.7. The van der Waals surface area contributed by atoms with Crippen LogP contribution >= 0.6 is 0 Å². The lowest BCUT2D eigenvalue weighted by Gasteiger charge is -2.35. The molecule has 0 fully saturated rings. The predicted octanol–water partition coefficient (Wildman–Crippen LogP) is 5.42. The van der Waals surface area contributed by atoms with Crippen molar-refractivity contribution < 1.29 is 23.9 Å². The summed E-state index contributed by atoms with van der Waals surface area (Å²) < 4.78 is 10.8. The largest absolute Gasteiger partial charge is 0.462 e. The Labute approximate surface area is 211 Å². The average Bonchev–Trinajstić information content (AvgIpc) is 3.24. The summed E-state index contributed by atoms with van der Waals surface area (Å²) in [5.41, 5.74) is 1.44. The second kappa shape index (κ2) is 11.5. The Hall–Kier alpha value is -4.16. The van der Waals surface area contributed by atoms with Crippen molar-refractivity contribution in [2.75, 3.05) is 13.2 Å². The maximum atomic E-state index is 13.5. The summed E-state index contributed by atoms with van der Waals surface area (Å²) in [7, 11) is 0. The van der Waals surface area contributed by atoms with Gasteiger partial charge in [0, 0.05) is 0 Å². The van der Waals surface area contributed by atoms with Crippen LogP contribution in [0.5, 0.6) is 0 Å². The fraction of sp³-hybridized carbons (Fsp3) is 0.200. The van der Waals surface area contributed by atoms with Crippen molar-refractivity contribution in [3.05, 3.63) is 125 Å². The van der Waals surface area contributed by atoms with Crippen molar-refractivity contribution in [3.63, 3.8) is 0 Å². The van der Waals surface area contributed by atoms with Crippen molar-refractivity contribution in [1.29, 1.82) is 0 Å². The molecule has 0 N–H and O–H groups in total. The molecule has 0 radical (unpaired) electrons. The molecule has 1 atom stereocenters. The maximum absolute atomic E-state index is 13.5. The van der Waals surface area contributed by atoms with E-state index in [-0.39, 0.29) is 24.5 Å². The number of benzene rings is 3. The van der Waals surface area contributed by atoms with E-state index in [2.05, 4.69) is 0 Å². The Balaban J connectivity index is 1.98. The van der Waals surface area contributed by atoms with Crippen LogP contribution in [0.4, 0.5) is 0 Å². The summed E-state index contributed by atoms with van der Waals surface area (Å²) in [4.78, 5) is 32.8. The third-order valence-corrected chi connectivity index (χ3v) is 5.84. The number of hydrogen-bond acceptors (Lipinski definition) is 6. The fourth-order valence-corrected chi connectivity index (χ4v) is 4.24. The van der Waals surface area contributed by atoms with Gasteiger partial charge in [0.05, 0.1) is 19.8 Å². The molecule has 6 heteroatoms. The lowest BCUT2D eigenvalue weighted by Crippen LogP contribution is -2.43. The van der Waals surface area contributed by atoms with Crippen LogP contribution < -0.4 is 0 Å². The van der Waals surface area contributed by atoms with Gasteiger partial charge < -0.3 is 14.3 Å². The molecule has 1 aliphatic heterocycles. The Morgan fingerprint density at radius 3 is 1.97 bits per heavy atom. The highest BCUT2D eigenvalue weighted by Gasteiger charge is 2.55. The van der Waals surface area contributed by atoms with E-state index in [1.165, 1.54) is 0 Å². The summed E-state index contributed by atoms with van der Waals surface area (Å²) in [5.74, 6) is -1.53. The summed E-state index contributed by atoms with van der Waals surface area (Å²) in [6.07, 6.45) is 3.81. The number of hydrogen-bond donors (Lipinski definition) is 0. The highest BCUT2D eigenvalue weighted by molar-refractivity contribution is 6.02. The monoisotopic (exact) mass is 483 g/mol. The molecule has 0 bridgehead atoms. The van der Waals surface area contributed by atoms with Gasteiger partial charge in [0.2, 0.25) is 5.76 Å². The van der Waals surface area contributed by atoms with E-state index in [9.17, 15) is 9.59 Å². The molecule has 3 aromatic carbocycles. The number of carbonyl (C=O) groups excluding carboxylic acids is 2. The molecule has 184 valence electrons. The Bertz CT molecular complexity index is 1240. The van der Waals surface area contributed by atoms with Gasteiger partial charge in [-0.25, -0.2) is 9.59 Å². The minimum absolute atomic E-state index is 0.0807. The summed E-state index contributed by atoms with van der Waals surface area (Å²) in [6.45, 7) is 4.01. The van der Waals surface area contributed by atoms with Crippen LogP contribution in [-0.2, 0) is 36.0 Å². The van der Waals surface area contributed by atoms with Gasteiger partial charge in [-0.2, -0.15) is 0 Å². The molecule has 0 aliphatic carbocycles. The van der Waals surface area contributed by atoms with Crippen LogP contribution in [0, 0.1) is 0 Å². The van der Waals surface area contributed by atoms with Crippen molar-refractivity contribution in [2.45, 2.75) is 25.9 Å². The van der Waals surface area contributed by atoms with Crippen LogP contribution in [-0.4, -0.2) is 30.2 Å². The van der Waals surface area contributed by atoms with Crippen LogP contribution in [0.25, 0.3) is 6.08 Å². The number of rotatable bonds is 9. The molecule has 0 saturated heterocycles. The van der Waals surface area contributed by atoms with Crippen molar-refractivity contribution in [2.24, 2.45) is 0 Å². The Morgan fingerprint density at radius 1 is 0.806 bits per heavy atom. The van der Waals surface area contributed by atoms with Gasteiger partial charge in [-0.3, -0.25) is 0 Å². The number of nitrogens with zero attached hydrogens (tertiary/aromatic N) is 1. The highest BCUT2D eigenvalue weighted by atomic mass is 16.7.